The molecule has 0 fully saturated rings. The van der Waals surface area contributed by atoms with E-state index >= 15 is 0 Å². The number of rotatable bonds is 4. The van der Waals surface area contributed by atoms with Crippen LogP contribution < -0.4 is 5.32 Å². The molecule has 0 radical (unpaired) electrons. The van der Waals surface area contributed by atoms with Crippen molar-refractivity contribution in [1.82, 2.24) is 5.32 Å². The summed E-state index contributed by atoms with van der Waals surface area (Å²) in [5.41, 5.74) is 1.32. The first-order valence-electron chi connectivity index (χ1n) is 4.94. The molecule has 0 amide bonds. The molecule has 2 rings (SSSR count). The number of thiophene rings is 1. The van der Waals surface area contributed by atoms with Crippen molar-refractivity contribution in [2.45, 2.75) is 13.1 Å². The summed E-state index contributed by atoms with van der Waals surface area (Å²) in [5.74, 6) is 0. The largest absolute Gasteiger partial charge is 0.308 e. The summed E-state index contributed by atoms with van der Waals surface area (Å²) in [6, 6.07) is 12.6. The molecular weight excluding hydrogens is 350 g/mol. The molecule has 0 saturated carbocycles. The van der Waals surface area contributed by atoms with Crippen LogP contribution in [0.3, 0.4) is 0 Å². The van der Waals surface area contributed by atoms with Gasteiger partial charge in [-0.15, -0.1) is 11.3 Å². The molecule has 1 aromatic heterocycles. The molecule has 0 aliphatic carbocycles. The molecule has 0 bridgehead atoms. The summed E-state index contributed by atoms with van der Waals surface area (Å²) in [7, 11) is 0. The summed E-state index contributed by atoms with van der Waals surface area (Å²) in [6.07, 6.45) is 0. The molecule has 0 aliphatic heterocycles. The second kappa shape index (κ2) is 5.96. The van der Waals surface area contributed by atoms with E-state index in [-0.39, 0.29) is 0 Å². The summed E-state index contributed by atoms with van der Waals surface area (Å²) < 4.78 is 2.29. The zero-order valence-electron chi connectivity index (χ0n) is 8.54. The molecule has 0 atom stereocenters. The van der Waals surface area contributed by atoms with Crippen LogP contribution in [-0.4, -0.2) is 0 Å². The lowest BCUT2D eigenvalue weighted by molar-refractivity contribution is 0.701. The van der Waals surface area contributed by atoms with Gasteiger partial charge in [0.2, 0.25) is 0 Å². The third kappa shape index (κ3) is 3.42. The smallest absolute Gasteiger partial charge is 0.0843 e. The fraction of sp³-hybridized carbons (Fsp3) is 0.167. The highest BCUT2D eigenvalue weighted by Gasteiger charge is 2.03. The molecule has 0 aliphatic rings. The SMILES string of the molecule is Brc1cc(CNCc2ccccc2)sc1Br. The Labute approximate surface area is 116 Å². The van der Waals surface area contributed by atoms with Gasteiger partial charge >= 0.3 is 0 Å². The Balaban J connectivity index is 1.84. The Hall–Kier alpha value is -0.160. The molecule has 16 heavy (non-hydrogen) atoms. The van der Waals surface area contributed by atoms with Crippen LogP contribution in [0.25, 0.3) is 0 Å². The summed E-state index contributed by atoms with van der Waals surface area (Å²) in [6.45, 7) is 1.82. The van der Waals surface area contributed by atoms with Gasteiger partial charge in [-0.2, -0.15) is 0 Å². The molecule has 0 unspecified atom stereocenters. The molecular formula is C12H11Br2NS. The molecule has 0 spiro atoms. The lowest BCUT2D eigenvalue weighted by atomic mass is 10.2. The molecule has 4 heteroatoms. The zero-order valence-corrected chi connectivity index (χ0v) is 12.5. The van der Waals surface area contributed by atoms with Crippen molar-refractivity contribution in [1.29, 1.82) is 0 Å². The first-order valence-corrected chi connectivity index (χ1v) is 7.34. The van der Waals surface area contributed by atoms with E-state index in [0.717, 1.165) is 21.3 Å². The third-order valence-corrected chi connectivity index (χ3v) is 5.42. The zero-order chi connectivity index (χ0) is 11.4. The molecule has 0 saturated heterocycles. The number of hydrogen-bond donors (Lipinski definition) is 1. The van der Waals surface area contributed by atoms with E-state index < -0.39 is 0 Å². The van der Waals surface area contributed by atoms with E-state index in [0.29, 0.717) is 0 Å². The first-order chi connectivity index (χ1) is 7.75. The number of benzene rings is 1. The van der Waals surface area contributed by atoms with E-state index in [4.69, 9.17) is 0 Å². The van der Waals surface area contributed by atoms with E-state index in [1.807, 2.05) is 6.07 Å². The van der Waals surface area contributed by atoms with Crippen molar-refractivity contribution in [2.75, 3.05) is 0 Å². The van der Waals surface area contributed by atoms with Gasteiger partial charge in [0.05, 0.1) is 3.79 Å². The Morgan fingerprint density at radius 3 is 2.44 bits per heavy atom. The van der Waals surface area contributed by atoms with Gasteiger partial charge in [0.15, 0.2) is 0 Å². The molecule has 84 valence electrons. The first kappa shape index (κ1) is 12.3. The van der Waals surface area contributed by atoms with Crippen molar-refractivity contribution in [3.63, 3.8) is 0 Å². The van der Waals surface area contributed by atoms with Gasteiger partial charge in [-0.05, 0) is 43.5 Å². The van der Waals surface area contributed by atoms with Crippen LogP contribution in [0.4, 0.5) is 0 Å². The van der Waals surface area contributed by atoms with Gasteiger partial charge in [0.1, 0.15) is 0 Å². The quantitative estimate of drug-likeness (QED) is 0.842. The predicted molar refractivity (Wildman–Crippen MR) is 76.7 cm³/mol. The third-order valence-electron chi connectivity index (χ3n) is 2.17. The average molecular weight is 361 g/mol. The van der Waals surface area contributed by atoms with Gasteiger partial charge in [-0.3, -0.25) is 0 Å². The number of nitrogens with one attached hydrogen (secondary N) is 1. The second-order valence-electron chi connectivity index (χ2n) is 3.42. The highest BCUT2D eigenvalue weighted by molar-refractivity contribution is 9.13. The van der Waals surface area contributed by atoms with Crippen LogP contribution in [0.15, 0.2) is 44.7 Å². The van der Waals surface area contributed by atoms with Gasteiger partial charge in [0, 0.05) is 22.4 Å². The highest BCUT2D eigenvalue weighted by atomic mass is 79.9. The lowest BCUT2D eigenvalue weighted by Gasteiger charge is -2.02. The van der Waals surface area contributed by atoms with E-state index in [2.05, 4.69) is 67.5 Å². The van der Waals surface area contributed by atoms with Crippen LogP contribution in [0.5, 0.6) is 0 Å². The molecule has 1 N–H and O–H groups in total. The standard InChI is InChI=1S/C12H11Br2NS/c13-11-6-10(16-12(11)14)8-15-7-9-4-2-1-3-5-9/h1-6,15H,7-8H2. The van der Waals surface area contributed by atoms with Gasteiger partial charge < -0.3 is 5.32 Å². The fourth-order valence-corrected chi connectivity index (χ4v) is 3.55. The van der Waals surface area contributed by atoms with E-state index in [9.17, 15) is 0 Å². The monoisotopic (exact) mass is 359 g/mol. The molecule has 1 aromatic carbocycles. The Morgan fingerprint density at radius 2 is 1.81 bits per heavy atom. The predicted octanol–water partition coefficient (Wildman–Crippen LogP) is 4.56. The fourth-order valence-electron chi connectivity index (χ4n) is 1.40. The van der Waals surface area contributed by atoms with Crippen molar-refractivity contribution in [3.05, 3.63) is 55.1 Å². The van der Waals surface area contributed by atoms with Gasteiger partial charge in [-0.1, -0.05) is 30.3 Å². The van der Waals surface area contributed by atoms with Crippen molar-refractivity contribution < 1.29 is 0 Å². The maximum atomic E-state index is 3.50. The number of hydrogen-bond acceptors (Lipinski definition) is 2. The normalized spacial score (nSPS) is 10.6. The van der Waals surface area contributed by atoms with Crippen molar-refractivity contribution in [2.24, 2.45) is 0 Å². The summed E-state index contributed by atoms with van der Waals surface area (Å²) in [4.78, 5) is 1.33. The van der Waals surface area contributed by atoms with Crippen LogP contribution in [0.2, 0.25) is 0 Å². The maximum absolute atomic E-state index is 3.50. The summed E-state index contributed by atoms with van der Waals surface area (Å²) >= 11 is 8.74. The maximum Gasteiger partial charge on any atom is 0.0843 e. The van der Waals surface area contributed by atoms with Crippen LogP contribution >= 0.6 is 43.2 Å². The minimum absolute atomic E-state index is 0.907. The average Bonchev–Trinajstić information content (AvgIpc) is 2.60. The van der Waals surface area contributed by atoms with Crippen LogP contribution in [0, 0.1) is 0 Å². The topological polar surface area (TPSA) is 12.0 Å². The Kier molecular flexibility index (Phi) is 4.58. The van der Waals surface area contributed by atoms with Crippen LogP contribution in [-0.2, 0) is 13.1 Å². The Morgan fingerprint density at radius 1 is 1.06 bits per heavy atom. The van der Waals surface area contributed by atoms with Gasteiger partial charge in [-0.25, -0.2) is 0 Å². The van der Waals surface area contributed by atoms with Crippen LogP contribution in [0.1, 0.15) is 10.4 Å². The van der Waals surface area contributed by atoms with E-state index in [1.165, 1.54) is 10.4 Å². The van der Waals surface area contributed by atoms with Crippen molar-refractivity contribution in [3.8, 4) is 0 Å². The Bertz CT molecular complexity index is 434. The number of halogens is 2. The summed E-state index contributed by atoms with van der Waals surface area (Å²) in [5, 5.41) is 3.43. The molecule has 2 aromatic rings. The van der Waals surface area contributed by atoms with Gasteiger partial charge in [0.25, 0.3) is 0 Å². The molecule has 1 nitrogen and oxygen atoms in total. The van der Waals surface area contributed by atoms with Crippen molar-refractivity contribution >= 4 is 43.2 Å². The lowest BCUT2D eigenvalue weighted by Crippen LogP contribution is -2.11. The van der Waals surface area contributed by atoms with E-state index in [1.54, 1.807) is 11.3 Å². The minimum atomic E-state index is 0.907. The highest BCUT2D eigenvalue weighted by Crippen LogP contribution is 2.32. The molecule has 1 heterocycles. The minimum Gasteiger partial charge on any atom is -0.308 e. The second-order valence-corrected chi connectivity index (χ2v) is 6.73.